The van der Waals surface area contributed by atoms with Crippen LogP contribution in [0, 0.1) is 6.07 Å². The molecule has 0 bridgehead atoms. The first kappa shape index (κ1) is 7.29. The zero-order valence-corrected chi connectivity index (χ0v) is 7.04. The third-order valence-electron chi connectivity index (χ3n) is 2.06. The van der Waals surface area contributed by atoms with Gasteiger partial charge in [0.1, 0.15) is 0 Å². The summed E-state index contributed by atoms with van der Waals surface area (Å²) in [5.41, 5.74) is 2.41. The number of fused-ring (bicyclic) bond motifs is 1. The zero-order valence-electron chi connectivity index (χ0n) is 7.04. The molecule has 0 atom stereocenters. The molecular weight excluding hydrogens is 146 g/mol. The van der Waals surface area contributed by atoms with Gasteiger partial charge in [0.15, 0.2) is 0 Å². The Labute approximate surface area is 72.1 Å². The summed E-state index contributed by atoms with van der Waals surface area (Å²) in [5, 5.41) is 1.22. The lowest BCUT2D eigenvalue weighted by Gasteiger charge is -2.01. The normalized spacial score (nSPS) is 10.4. The summed E-state index contributed by atoms with van der Waals surface area (Å²) in [6.45, 7) is 2.15. The topological polar surface area (TPSA) is 12.9 Å². The van der Waals surface area contributed by atoms with Crippen LogP contribution < -0.4 is 0 Å². The van der Waals surface area contributed by atoms with Crippen molar-refractivity contribution in [1.29, 1.82) is 0 Å². The van der Waals surface area contributed by atoms with E-state index < -0.39 is 0 Å². The van der Waals surface area contributed by atoms with Crippen molar-refractivity contribution in [3.63, 3.8) is 0 Å². The highest BCUT2D eigenvalue weighted by Gasteiger charge is 1.96. The van der Waals surface area contributed by atoms with E-state index in [1.807, 2.05) is 18.2 Å². The first-order valence-electron chi connectivity index (χ1n) is 4.15. The largest absolute Gasteiger partial charge is 0.256 e. The van der Waals surface area contributed by atoms with Gasteiger partial charge < -0.3 is 0 Å². The van der Waals surface area contributed by atoms with Gasteiger partial charge in [0.05, 0.1) is 5.52 Å². The lowest BCUT2D eigenvalue weighted by Crippen LogP contribution is -1.84. The maximum absolute atomic E-state index is 4.23. The molecule has 0 spiro atoms. The number of hydrogen-bond donors (Lipinski definition) is 0. The lowest BCUT2D eigenvalue weighted by molar-refractivity contribution is 1.16. The van der Waals surface area contributed by atoms with E-state index in [9.17, 15) is 0 Å². The van der Waals surface area contributed by atoms with E-state index in [2.05, 4.69) is 24.0 Å². The maximum atomic E-state index is 4.23. The van der Waals surface area contributed by atoms with Crippen molar-refractivity contribution in [3.8, 4) is 0 Å². The number of pyridine rings is 1. The Hall–Kier alpha value is -1.37. The van der Waals surface area contributed by atoms with Crippen LogP contribution >= 0.6 is 0 Å². The van der Waals surface area contributed by atoms with Gasteiger partial charge in [0.25, 0.3) is 0 Å². The summed E-state index contributed by atoms with van der Waals surface area (Å²) >= 11 is 0. The van der Waals surface area contributed by atoms with Gasteiger partial charge in [-0.2, -0.15) is 0 Å². The minimum absolute atomic E-state index is 1.05. The fraction of sp³-hybridized carbons (Fsp3) is 0.182. The van der Waals surface area contributed by atoms with Crippen molar-refractivity contribution in [2.24, 2.45) is 0 Å². The molecule has 0 amide bonds. The quantitative estimate of drug-likeness (QED) is 0.618. The zero-order chi connectivity index (χ0) is 8.39. The Balaban J connectivity index is 2.79. The molecule has 0 saturated heterocycles. The first-order chi connectivity index (χ1) is 5.92. The average Bonchev–Trinajstić information content (AvgIpc) is 2.17. The Morgan fingerprint density at radius 3 is 3.17 bits per heavy atom. The molecule has 1 heterocycles. The summed E-state index contributed by atoms with van der Waals surface area (Å²) in [7, 11) is 0. The third-order valence-corrected chi connectivity index (χ3v) is 2.06. The number of aromatic nitrogens is 1. The number of nitrogens with zero attached hydrogens (tertiary/aromatic N) is 1. The molecule has 0 unspecified atom stereocenters. The van der Waals surface area contributed by atoms with E-state index in [-0.39, 0.29) is 0 Å². The van der Waals surface area contributed by atoms with E-state index in [0.29, 0.717) is 0 Å². The van der Waals surface area contributed by atoms with Crippen molar-refractivity contribution in [2.45, 2.75) is 13.3 Å². The number of hydrogen-bond acceptors (Lipinski definition) is 1. The third kappa shape index (κ3) is 1.07. The van der Waals surface area contributed by atoms with Crippen LogP contribution in [0.25, 0.3) is 10.9 Å². The second-order valence-corrected chi connectivity index (χ2v) is 2.77. The van der Waals surface area contributed by atoms with Gasteiger partial charge in [-0.1, -0.05) is 19.1 Å². The standard InChI is InChI=1S/C11H10N/c1-2-9-5-3-7-11-10(9)6-4-8-12-11/h3,5-8H,2H2,1H3. The van der Waals surface area contributed by atoms with Crippen LogP contribution in [0.5, 0.6) is 0 Å². The van der Waals surface area contributed by atoms with E-state index >= 15 is 0 Å². The molecule has 1 aromatic heterocycles. The van der Waals surface area contributed by atoms with Gasteiger partial charge >= 0.3 is 0 Å². The van der Waals surface area contributed by atoms with Crippen molar-refractivity contribution in [3.05, 3.63) is 42.1 Å². The molecule has 0 aliphatic rings. The lowest BCUT2D eigenvalue weighted by atomic mass is 10.1. The van der Waals surface area contributed by atoms with Gasteiger partial charge in [-0.05, 0) is 24.1 Å². The molecule has 1 nitrogen and oxygen atoms in total. The molecule has 1 heteroatoms. The summed E-state index contributed by atoms with van der Waals surface area (Å²) in [5.74, 6) is 0. The number of aryl methyl sites for hydroxylation is 1. The highest BCUT2D eigenvalue weighted by atomic mass is 14.6. The van der Waals surface area contributed by atoms with Crippen LogP contribution in [0.4, 0.5) is 0 Å². The van der Waals surface area contributed by atoms with Crippen molar-refractivity contribution >= 4 is 10.9 Å². The molecular formula is C11H10N. The maximum Gasteiger partial charge on any atom is 0.0705 e. The molecule has 0 aliphatic heterocycles. The summed E-state index contributed by atoms with van der Waals surface area (Å²) in [6, 6.07) is 11.2. The number of benzene rings is 1. The Morgan fingerprint density at radius 2 is 2.33 bits per heavy atom. The molecule has 0 fully saturated rings. The predicted octanol–water partition coefficient (Wildman–Crippen LogP) is 2.60. The fourth-order valence-corrected chi connectivity index (χ4v) is 1.41. The van der Waals surface area contributed by atoms with Crippen LogP contribution in [0.3, 0.4) is 0 Å². The molecule has 2 rings (SSSR count). The molecule has 0 saturated carbocycles. The summed E-state index contributed by atoms with van der Waals surface area (Å²) < 4.78 is 0. The van der Waals surface area contributed by atoms with E-state index in [1.54, 1.807) is 6.20 Å². The Bertz CT molecular complexity index is 388. The summed E-state index contributed by atoms with van der Waals surface area (Å²) in [4.78, 5) is 4.23. The second-order valence-electron chi connectivity index (χ2n) is 2.77. The van der Waals surface area contributed by atoms with E-state index in [4.69, 9.17) is 0 Å². The van der Waals surface area contributed by atoms with E-state index in [1.165, 1.54) is 10.9 Å². The predicted molar refractivity (Wildman–Crippen MR) is 50.0 cm³/mol. The molecule has 12 heavy (non-hydrogen) atoms. The minimum atomic E-state index is 1.05. The van der Waals surface area contributed by atoms with Gasteiger partial charge in [0.2, 0.25) is 0 Å². The van der Waals surface area contributed by atoms with Crippen molar-refractivity contribution in [1.82, 2.24) is 4.98 Å². The molecule has 59 valence electrons. The van der Waals surface area contributed by atoms with Crippen LogP contribution in [0.15, 0.2) is 30.5 Å². The molecule has 2 aromatic rings. The average molecular weight is 156 g/mol. The fourth-order valence-electron chi connectivity index (χ4n) is 1.41. The van der Waals surface area contributed by atoms with Gasteiger partial charge in [-0.3, -0.25) is 4.98 Å². The van der Waals surface area contributed by atoms with Gasteiger partial charge in [0, 0.05) is 17.6 Å². The van der Waals surface area contributed by atoms with Crippen molar-refractivity contribution in [2.75, 3.05) is 0 Å². The Kier molecular flexibility index (Phi) is 1.78. The molecule has 1 radical (unpaired) electrons. The van der Waals surface area contributed by atoms with Crippen LogP contribution in [-0.2, 0) is 6.42 Å². The second kappa shape index (κ2) is 2.94. The first-order valence-corrected chi connectivity index (χ1v) is 4.15. The molecule has 1 aromatic carbocycles. The highest BCUT2D eigenvalue weighted by Crippen LogP contribution is 2.15. The van der Waals surface area contributed by atoms with Gasteiger partial charge in [-0.25, -0.2) is 0 Å². The van der Waals surface area contributed by atoms with E-state index in [0.717, 1.165) is 11.9 Å². The van der Waals surface area contributed by atoms with Crippen LogP contribution in [0.1, 0.15) is 12.5 Å². The minimum Gasteiger partial charge on any atom is -0.256 e. The smallest absolute Gasteiger partial charge is 0.0705 e. The molecule has 0 N–H and O–H groups in total. The summed E-state index contributed by atoms with van der Waals surface area (Å²) in [6.07, 6.45) is 2.76. The van der Waals surface area contributed by atoms with Crippen LogP contribution in [0.2, 0.25) is 0 Å². The molecule has 0 aliphatic carbocycles. The van der Waals surface area contributed by atoms with Crippen LogP contribution in [-0.4, -0.2) is 4.98 Å². The van der Waals surface area contributed by atoms with Gasteiger partial charge in [-0.15, -0.1) is 0 Å². The SMILES string of the molecule is CCc1cccc2nc[c]cc12. The number of rotatable bonds is 1. The Morgan fingerprint density at radius 1 is 1.42 bits per heavy atom. The monoisotopic (exact) mass is 156 g/mol. The van der Waals surface area contributed by atoms with Crippen molar-refractivity contribution < 1.29 is 0 Å². The highest BCUT2D eigenvalue weighted by molar-refractivity contribution is 5.81.